The first-order chi connectivity index (χ1) is 11.4. The Hall–Kier alpha value is -1.85. The Morgan fingerprint density at radius 3 is 2.50 bits per heavy atom. The van der Waals surface area contributed by atoms with Crippen LogP contribution in [0.4, 0.5) is 5.69 Å². The molecule has 0 spiro atoms. The second-order valence-electron chi connectivity index (χ2n) is 6.33. The molecule has 4 nitrogen and oxygen atoms in total. The summed E-state index contributed by atoms with van der Waals surface area (Å²) in [5.74, 6) is 0.0734. The topological polar surface area (TPSA) is 40.6 Å². The molecule has 0 saturated carbocycles. The quantitative estimate of drug-likeness (QED) is 0.855. The van der Waals surface area contributed by atoms with Crippen LogP contribution in [0.5, 0.6) is 0 Å². The smallest absolute Gasteiger partial charge is 0.178 e. The fraction of sp³-hybridized carbons (Fsp3) is 0.368. The van der Waals surface area contributed by atoms with Crippen molar-refractivity contribution in [1.29, 1.82) is 0 Å². The van der Waals surface area contributed by atoms with Gasteiger partial charge >= 0.3 is 0 Å². The van der Waals surface area contributed by atoms with Crippen molar-refractivity contribution in [2.24, 2.45) is 0 Å². The molecule has 5 heteroatoms. The first kappa shape index (κ1) is 17.0. The minimum absolute atomic E-state index is 0.0734. The zero-order chi connectivity index (χ0) is 17.3. The van der Waals surface area contributed by atoms with E-state index in [1.165, 1.54) is 5.69 Å². The van der Waals surface area contributed by atoms with Crippen molar-refractivity contribution in [2.45, 2.75) is 6.92 Å². The molecule has 1 saturated heterocycles. The summed E-state index contributed by atoms with van der Waals surface area (Å²) in [4.78, 5) is 4.91. The van der Waals surface area contributed by atoms with E-state index in [1.54, 1.807) is 6.92 Å². The van der Waals surface area contributed by atoms with Crippen molar-refractivity contribution < 1.29 is 8.42 Å². The Labute approximate surface area is 144 Å². The van der Waals surface area contributed by atoms with Crippen LogP contribution in [0.25, 0.3) is 15.7 Å². The maximum absolute atomic E-state index is 12.1. The molecule has 0 amide bonds. The summed E-state index contributed by atoms with van der Waals surface area (Å²) in [5.41, 5.74) is 1.86. The number of fused-ring (bicyclic) bond motifs is 1. The molecule has 24 heavy (non-hydrogen) atoms. The van der Waals surface area contributed by atoms with Crippen LogP contribution >= 0.6 is 0 Å². The highest BCUT2D eigenvalue weighted by molar-refractivity contribution is 8.00. The third-order valence-electron chi connectivity index (χ3n) is 4.78. The Kier molecular flexibility index (Phi) is 4.65. The molecular weight excluding hydrogens is 320 g/mol. The van der Waals surface area contributed by atoms with Crippen LogP contribution in [0, 0.1) is 0 Å². The largest absolute Gasteiger partial charge is 0.368 e. The molecule has 0 atom stereocenters. The summed E-state index contributed by atoms with van der Waals surface area (Å²) in [6.07, 6.45) is 0. The van der Waals surface area contributed by atoms with Gasteiger partial charge in [-0.25, -0.2) is 8.42 Å². The van der Waals surface area contributed by atoms with Gasteiger partial charge in [-0.05, 0) is 30.1 Å². The van der Waals surface area contributed by atoms with E-state index in [2.05, 4.69) is 41.6 Å². The standard InChI is InChI=1S/C19H24N2O2S/c1-4-24(22,23)15(2)17-9-8-16-6-5-7-19(18(16)14-17)21-12-10-20(3)11-13-21/h5-9,14H,2,4,10-13H2,1,3H3. The van der Waals surface area contributed by atoms with Crippen LogP contribution in [0.2, 0.25) is 0 Å². The minimum atomic E-state index is -3.28. The van der Waals surface area contributed by atoms with Gasteiger partial charge in [-0.2, -0.15) is 0 Å². The molecule has 0 N–H and O–H groups in total. The van der Waals surface area contributed by atoms with Gasteiger partial charge in [0.15, 0.2) is 9.84 Å². The van der Waals surface area contributed by atoms with Gasteiger partial charge in [0, 0.05) is 37.3 Å². The lowest BCUT2D eigenvalue weighted by atomic mass is 10.0. The van der Waals surface area contributed by atoms with Gasteiger partial charge in [0.05, 0.1) is 10.7 Å². The summed E-state index contributed by atoms with van der Waals surface area (Å²) in [6.45, 7) is 9.50. The molecule has 3 rings (SSSR count). The predicted molar refractivity (Wildman–Crippen MR) is 102 cm³/mol. The van der Waals surface area contributed by atoms with Gasteiger partial charge < -0.3 is 9.80 Å². The molecule has 128 valence electrons. The van der Waals surface area contributed by atoms with E-state index in [1.807, 2.05) is 18.2 Å². The van der Waals surface area contributed by atoms with Crippen LogP contribution in [-0.2, 0) is 9.84 Å². The van der Waals surface area contributed by atoms with Gasteiger partial charge in [0.2, 0.25) is 0 Å². The summed E-state index contributed by atoms with van der Waals surface area (Å²) in [5, 5.41) is 2.21. The zero-order valence-corrected chi connectivity index (χ0v) is 15.1. The normalized spacial score (nSPS) is 16.5. The summed E-state index contributed by atoms with van der Waals surface area (Å²) in [6, 6.07) is 12.1. The van der Waals surface area contributed by atoms with Crippen LogP contribution in [0.3, 0.4) is 0 Å². The van der Waals surface area contributed by atoms with Crippen molar-refractivity contribution >= 4 is 31.2 Å². The van der Waals surface area contributed by atoms with Crippen molar-refractivity contribution in [3.63, 3.8) is 0 Å². The first-order valence-corrected chi connectivity index (χ1v) is 9.96. The minimum Gasteiger partial charge on any atom is -0.368 e. The number of sulfone groups is 1. The highest BCUT2D eigenvalue weighted by Gasteiger charge is 2.18. The van der Waals surface area contributed by atoms with E-state index in [9.17, 15) is 8.42 Å². The molecule has 0 unspecified atom stereocenters. The Morgan fingerprint density at radius 1 is 1.12 bits per heavy atom. The average molecular weight is 344 g/mol. The number of nitrogens with zero attached hydrogens (tertiary/aromatic N) is 2. The van der Waals surface area contributed by atoms with Crippen molar-refractivity contribution in [1.82, 2.24) is 4.90 Å². The van der Waals surface area contributed by atoms with Gasteiger partial charge in [0.1, 0.15) is 0 Å². The Balaban J connectivity index is 2.05. The highest BCUT2D eigenvalue weighted by Crippen LogP contribution is 2.31. The summed E-state index contributed by atoms with van der Waals surface area (Å²) in [7, 11) is -1.14. The number of rotatable bonds is 4. The number of benzene rings is 2. The molecular formula is C19H24N2O2S. The Morgan fingerprint density at radius 2 is 1.83 bits per heavy atom. The first-order valence-electron chi connectivity index (χ1n) is 8.30. The predicted octanol–water partition coefficient (Wildman–Crippen LogP) is 3.00. The monoisotopic (exact) mass is 344 g/mol. The van der Waals surface area contributed by atoms with E-state index in [4.69, 9.17) is 0 Å². The van der Waals surface area contributed by atoms with E-state index >= 15 is 0 Å². The highest BCUT2D eigenvalue weighted by atomic mass is 32.2. The van der Waals surface area contributed by atoms with E-state index in [0.29, 0.717) is 5.56 Å². The molecule has 1 heterocycles. The lowest BCUT2D eigenvalue weighted by molar-refractivity contribution is 0.313. The number of hydrogen-bond donors (Lipinski definition) is 0. The third-order valence-corrected chi connectivity index (χ3v) is 6.53. The van der Waals surface area contributed by atoms with Gasteiger partial charge in [-0.15, -0.1) is 0 Å². The van der Waals surface area contributed by atoms with Gasteiger partial charge in [-0.3, -0.25) is 0 Å². The fourth-order valence-corrected chi connectivity index (χ4v) is 3.94. The van der Waals surface area contributed by atoms with E-state index in [0.717, 1.165) is 37.0 Å². The summed E-state index contributed by atoms with van der Waals surface area (Å²) < 4.78 is 24.3. The number of hydrogen-bond acceptors (Lipinski definition) is 4. The van der Waals surface area contributed by atoms with Gasteiger partial charge in [0.25, 0.3) is 0 Å². The van der Waals surface area contributed by atoms with Crippen LogP contribution in [-0.4, -0.2) is 52.3 Å². The number of likely N-dealkylation sites (N-methyl/N-ethyl adjacent to an activating group) is 1. The van der Waals surface area contributed by atoms with Crippen molar-refractivity contribution in [3.05, 3.63) is 48.5 Å². The SMILES string of the molecule is C=C(c1ccc2cccc(N3CCN(C)CC3)c2c1)S(=O)(=O)CC. The molecule has 0 bridgehead atoms. The van der Waals surface area contributed by atoms with Crippen LogP contribution < -0.4 is 4.90 Å². The van der Waals surface area contributed by atoms with Crippen molar-refractivity contribution in [3.8, 4) is 0 Å². The Bertz CT molecular complexity index is 866. The second-order valence-corrected chi connectivity index (χ2v) is 8.63. The fourth-order valence-electron chi connectivity index (χ4n) is 3.11. The molecule has 2 aromatic carbocycles. The molecule has 1 fully saturated rings. The molecule has 0 radical (unpaired) electrons. The maximum Gasteiger partial charge on any atom is 0.178 e. The second kappa shape index (κ2) is 6.57. The average Bonchev–Trinajstić information content (AvgIpc) is 2.61. The third kappa shape index (κ3) is 3.19. The molecule has 0 aliphatic carbocycles. The summed E-state index contributed by atoms with van der Waals surface area (Å²) >= 11 is 0. The lowest BCUT2D eigenvalue weighted by Crippen LogP contribution is -2.44. The number of piperazine rings is 1. The van der Waals surface area contributed by atoms with E-state index in [-0.39, 0.29) is 10.7 Å². The maximum atomic E-state index is 12.1. The van der Waals surface area contributed by atoms with Gasteiger partial charge in [-0.1, -0.05) is 37.8 Å². The van der Waals surface area contributed by atoms with Crippen molar-refractivity contribution in [2.75, 3.05) is 43.9 Å². The zero-order valence-electron chi connectivity index (χ0n) is 14.3. The molecule has 0 aromatic heterocycles. The molecule has 1 aliphatic rings. The number of anilines is 1. The van der Waals surface area contributed by atoms with Crippen LogP contribution in [0.1, 0.15) is 12.5 Å². The lowest BCUT2D eigenvalue weighted by Gasteiger charge is -2.34. The molecule has 2 aromatic rings. The molecule has 1 aliphatic heterocycles. The van der Waals surface area contributed by atoms with Crippen LogP contribution in [0.15, 0.2) is 43.0 Å². The van der Waals surface area contributed by atoms with E-state index < -0.39 is 9.84 Å².